The number of hydrogen-bond donors (Lipinski definition) is 0. The molecule has 0 fully saturated rings. The van der Waals surface area contributed by atoms with E-state index in [4.69, 9.17) is 9.47 Å². The summed E-state index contributed by atoms with van der Waals surface area (Å²) in [6.07, 6.45) is 3.56. The van der Waals surface area contributed by atoms with Crippen molar-refractivity contribution in [3.8, 4) is 55.3 Å². The van der Waals surface area contributed by atoms with E-state index in [-0.39, 0.29) is 0 Å². The fourth-order valence-corrected chi connectivity index (χ4v) is 22.0. The molecule has 0 saturated carbocycles. The van der Waals surface area contributed by atoms with Gasteiger partial charge in [-0.25, -0.2) is 0 Å². The van der Waals surface area contributed by atoms with Crippen LogP contribution in [0.5, 0.6) is 11.5 Å². The number of benzene rings is 3. The lowest BCUT2D eigenvalue weighted by Crippen LogP contribution is -2.43. The number of fused-ring (bicyclic) bond motifs is 2. The predicted octanol–water partition coefficient (Wildman–Crippen LogP) is 15.7. The zero-order valence-corrected chi connectivity index (χ0v) is 39.5. The standard InChI is InChI=1S/C50H62O2S2Si2/c1-15-27-51-41-21-17-39(18-22-41)47-31-45-43(25-29-55(33(3)4,34(5)6)35(7)8)50-46(32-48(54-50)40-19-23-42(24-20-40)52-28-16-2)44(49(45)53-47)26-30-56(36(9)10,37(11)12)38(13)14/h15-24,31-38H,1-2,27-28H2,3-14H3. The van der Waals surface area contributed by atoms with Crippen molar-refractivity contribution in [2.75, 3.05) is 13.2 Å². The molecule has 2 aromatic heterocycles. The average Bonchev–Trinajstić information content (AvgIpc) is 3.79. The smallest absolute Gasteiger partial charge is 0.146 e. The van der Waals surface area contributed by atoms with Crippen molar-refractivity contribution >= 4 is 59.0 Å². The second-order valence-electron chi connectivity index (χ2n) is 17.0. The van der Waals surface area contributed by atoms with Crippen LogP contribution in [-0.4, -0.2) is 29.4 Å². The first-order valence-corrected chi connectivity index (χ1v) is 26.5. The molecule has 0 bridgehead atoms. The van der Waals surface area contributed by atoms with Crippen LogP contribution in [0.1, 0.15) is 94.2 Å². The molecule has 0 unspecified atom stereocenters. The Bertz CT molecular complexity index is 2020. The third-order valence-electron chi connectivity index (χ3n) is 12.0. The van der Waals surface area contributed by atoms with Gasteiger partial charge in [0.15, 0.2) is 0 Å². The first kappa shape index (κ1) is 43.3. The van der Waals surface area contributed by atoms with E-state index in [0.29, 0.717) is 46.5 Å². The molecule has 6 heteroatoms. The van der Waals surface area contributed by atoms with E-state index in [1.54, 1.807) is 12.2 Å². The van der Waals surface area contributed by atoms with Crippen molar-refractivity contribution in [3.63, 3.8) is 0 Å². The van der Waals surface area contributed by atoms with Crippen LogP contribution in [0, 0.1) is 22.9 Å². The highest BCUT2D eigenvalue weighted by Gasteiger charge is 2.43. The van der Waals surface area contributed by atoms with Gasteiger partial charge in [0, 0.05) is 20.5 Å². The summed E-state index contributed by atoms with van der Waals surface area (Å²) in [6.45, 7) is 37.4. The minimum Gasteiger partial charge on any atom is -0.490 e. The van der Waals surface area contributed by atoms with Gasteiger partial charge in [0.1, 0.15) is 40.9 Å². The van der Waals surface area contributed by atoms with Crippen molar-refractivity contribution in [2.24, 2.45) is 0 Å². The molecule has 294 valence electrons. The highest BCUT2D eigenvalue weighted by molar-refractivity contribution is 7.24. The first-order valence-electron chi connectivity index (χ1n) is 20.4. The second-order valence-corrected chi connectivity index (χ2v) is 30.3. The maximum absolute atomic E-state index is 5.85. The molecule has 0 amide bonds. The zero-order chi connectivity index (χ0) is 40.9. The van der Waals surface area contributed by atoms with Gasteiger partial charge in [0.2, 0.25) is 0 Å². The highest BCUT2D eigenvalue weighted by atomic mass is 32.1. The van der Waals surface area contributed by atoms with Gasteiger partial charge in [-0.1, -0.05) is 120 Å². The van der Waals surface area contributed by atoms with Crippen LogP contribution >= 0.6 is 22.7 Å². The van der Waals surface area contributed by atoms with E-state index in [1.807, 2.05) is 22.7 Å². The van der Waals surface area contributed by atoms with Gasteiger partial charge < -0.3 is 9.47 Å². The summed E-state index contributed by atoms with van der Waals surface area (Å²) in [5.74, 6) is 9.68. The summed E-state index contributed by atoms with van der Waals surface area (Å²) in [7, 11) is -4.09. The van der Waals surface area contributed by atoms with E-state index in [2.05, 4.69) is 180 Å². The van der Waals surface area contributed by atoms with Crippen molar-refractivity contribution in [3.05, 3.63) is 97.1 Å². The third kappa shape index (κ3) is 8.42. The summed E-state index contributed by atoms with van der Waals surface area (Å²) in [5.41, 5.74) is 16.1. The van der Waals surface area contributed by atoms with Crippen molar-refractivity contribution in [1.29, 1.82) is 0 Å². The van der Waals surface area contributed by atoms with Crippen LogP contribution in [0.2, 0.25) is 33.2 Å². The van der Waals surface area contributed by atoms with Gasteiger partial charge >= 0.3 is 0 Å². The summed E-state index contributed by atoms with van der Waals surface area (Å²) in [5, 5.41) is 2.43. The quantitative estimate of drug-likeness (QED) is 0.0632. The van der Waals surface area contributed by atoms with E-state index in [9.17, 15) is 0 Å². The Morgan fingerprint density at radius 3 is 1.09 bits per heavy atom. The van der Waals surface area contributed by atoms with E-state index >= 15 is 0 Å². The van der Waals surface area contributed by atoms with Crippen LogP contribution in [0.4, 0.5) is 0 Å². The van der Waals surface area contributed by atoms with Gasteiger partial charge in [0.25, 0.3) is 0 Å². The minimum absolute atomic E-state index is 0.486. The molecule has 5 rings (SSSR count). The number of thiophene rings is 2. The van der Waals surface area contributed by atoms with Crippen molar-refractivity contribution in [2.45, 2.75) is 116 Å². The molecule has 0 saturated heterocycles. The Balaban J connectivity index is 1.90. The van der Waals surface area contributed by atoms with Gasteiger partial charge in [-0.2, -0.15) is 0 Å². The third-order valence-corrected chi connectivity index (χ3v) is 27.0. The predicted molar refractivity (Wildman–Crippen MR) is 255 cm³/mol. The molecular formula is C50H62O2S2Si2. The van der Waals surface area contributed by atoms with E-state index < -0.39 is 16.1 Å². The van der Waals surface area contributed by atoms with Crippen LogP contribution in [-0.2, 0) is 0 Å². The zero-order valence-electron chi connectivity index (χ0n) is 35.9. The Kier molecular flexibility index (Phi) is 14.1. The monoisotopic (exact) mass is 814 g/mol. The largest absolute Gasteiger partial charge is 0.490 e. The fourth-order valence-electron chi connectivity index (χ4n) is 9.25. The maximum atomic E-state index is 5.85. The molecule has 0 aliphatic rings. The summed E-state index contributed by atoms with van der Waals surface area (Å²) < 4.78 is 14.2. The molecule has 3 aromatic carbocycles. The first-order chi connectivity index (χ1) is 26.6. The molecule has 0 atom stereocenters. The molecule has 2 nitrogen and oxygen atoms in total. The van der Waals surface area contributed by atoms with Crippen LogP contribution in [0.15, 0.2) is 86.0 Å². The summed E-state index contributed by atoms with van der Waals surface area (Å²) >= 11 is 3.70. The van der Waals surface area contributed by atoms with Gasteiger partial charge in [-0.15, -0.1) is 33.8 Å². The van der Waals surface area contributed by atoms with Crippen LogP contribution < -0.4 is 9.47 Å². The summed E-state index contributed by atoms with van der Waals surface area (Å²) in [6, 6.07) is 21.7. The average molecular weight is 815 g/mol. The molecule has 2 heterocycles. The van der Waals surface area contributed by atoms with Gasteiger partial charge in [0.05, 0.1) is 20.5 Å². The number of rotatable bonds is 14. The number of hydrogen-bond acceptors (Lipinski definition) is 4. The van der Waals surface area contributed by atoms with Gasteiger partial charge in [-0.05, 0) is 105 Å². The molecule has 0 radical (unpaired) electrons. The van der Waals surface area contributed by atoms with Crippen molar-refractivity contribution < 1.29 is 9.47 Å². The topological polar surface area (TPSA) is 18.5 Å². The minimum atomic E-state index is -2.04. The molecule has 0 N–H and O–H groups in total. The molecule has 5 aromatic rings. The molecular weight excluding hydrogens is 753 g/mol. The molecule has 0 aliphatic heterocycles. The van der Waals surface area contributed by atoms with Crippen LogP contribution in [0.25, 0.3) is 41.1 Å². The second kappa shape index (κ2) is 18.2. The van der Waals surface area contributed by atoms with E-state index in [0.717, 1.165) is 22.6 Å². The van der Waals surface area contributed by atoms with Crippen molar-refractivity contribution in [1.82, 2.24) is 0 Å². The lowest BCUT2D eigenvalue weighted by atomic mass is 10.0. The number of ether oxygens (including phenoxy) is 2. The molecule has 56 heavy (non-hydrogen) atoms. The Hall–Kier alpha value is -3.79. The highest BCUT2D eigenvalue weighted by Crippen LogP contribution is 2.48. The fraction of sp³-hybridized carbons (Fsp3) is 0.400. The lowest BCUT2D eigenvalue weighted by Gasteiger charge is -2.38. The van der Waals surface area contributed by atoms with E-state index in [1.165, 1.54) is 41.1 Å². The summed E-state index contributed by atoms with van der Waals surface area (Å²) in [4.78, 5) is 2.43. The van der Waals surface area contributed by atoms with Crippen LogP contribution in [0.3, 0.4) is 0 Å². The Morgan fingerprint density at radius 1 is 0.518 bits per heavy atom. The maximum Gasteiger partial charge on any atom is 0.146 e. The SMILES string of the molecule is C=CCOc1ccc(-c2cc3c(C#C[Si](C(C)C)(C(C)C)C(C)C)c4sc(-c5ccc(OCC=C)cc5)cc4c(C#C[Si](C(C)C)(C(C)C)C(C)C)c3s2)cc1. The lowest BCUT2D eigenvalue weighted by molar-refractivity contribution is 0.363. The van der Waals surface area contributed by atoms with Gasteiger partial charge in [-0.3, -0.25) is 0 Å². The Labute approximate surface area is 348 Å². The molecule has 0 spiro atoms. The Morgan fingerprint density at radius 2 is 0.821 bits per heavy atom. The normalized spacial score (nSPS) is 12.2. The molecule has 0 aliphatic carbocycles.